The maximum Gasteiger partial charge on any atom is 0.320 e. The Labute approximate surface area is 91.9 Å². The largest absolute Gasteiger partial charge is 0.508 e. The molecule has 5 N–H and O–H groups in total. The summed E-state index contributed by atoms with van der Waals surface area (Å²) in [6.45, 7) is -0.250. The van der Waals surface area contributed by atoms with Crippen LogP contribution < -0.4 is 5.73 Å². The fraction of sp³-hybridized carbons (Fsp3) is 0.200. The van der Waals surface area contributed by atoms with Crippen molar-refractivity contribution in [1.29, 1.82) is 0 Å². The van der Waals surface area contributed by atoms with Crippen molar-refractivity contribution < 1.29 is 24.9 Å². The second kappa shape index (κ2) is 7.24. The van der Waals surface area contributed by atoms with Gasteiger partial charge in [0.05, 0.1) is 0 Å². The molecule has 0 aliphatic heterocycles. The minimum atomic E-state index is -1.02. The Balaban J connectivity index is 0.000000673. The van der Waals surface area contributed by atoms with Crippen molar-refractivity contribution >= 4 is 12.4 Å². The summed E-state index contributed by atoms with van der Waals surface area (Å²) in [7, 11) is 0. The van der Waals surface area contributed by atoms with Gasteiger partial charge in [-0.1, -0.05) is 12.1 Å². The lowest BCUT2D eigenvalue weighted by Gasteiger charge is -2.05. The van der Waals surface area contributed by atoms with Gasteiger partial charge < -0.3 is 21.1 Å². The fourth-order valence-electron chi connectivity index (χ4n) is 0.973. The average molecular weight is 227 g/mol. The molecule has 1 aromatic carbocycles. The zero-order valence-corrected chi connectivity index (χ0v) is 8.41. The third-order valence-corrected chi connectivity index (χ3v) is 1.71. The smallest absolute Gasteiger partial charge is 0.320 e. The van der Waals surface area contributed by atoms with E-state index in [0.29, 0.717) is 0 Å². The van der Waals surface area contributed by atoms with Gasteiger partial charge in [-0.05, 0) is 24.1 Å². The Hall–Kier alpha value is -2.08. The lowest BCUT2D eigenvalue weighted by atomic mass is 10.1. The van der Waals surface area contributed by atoms with Crippen molar-refractivity contribution in [1.82, 2.24) is 0 Å². The molecule has 88 valence electrons. The molecule has 6 nitrogen and oxygen atoms in total. The number of nitrogens with two attached hydrogens (primary N) is 1. The van der Waals surface area contributed by atoms with Gasteiger partial charge >= 0.3 is 5.97 Å². The monoisotopic (exact) mass is 227 g/mol. The van der Waals surface area contributed by atoms with Gasteiger partial charge in [-0.3, -0.25) is 9.59 Å². The molecule has 0 spiro atoms. The van der Waals surface area contributed by atoms with E-state index in [1.807, 2.05) is 0 Å². The maximum atomic E-state index is 10.4. The number of carboxylic acid groups (broad SMARTS) is 2. The van der Waals surface area contributed by atoms with E-state index >= 15 is 0 Å². The van der Waals surface area contributed by atoms with Crippen molar-refractivity contribution in [3.8, 4) is 5.75 Å². The molecule has 1 atom stereocenters. The zero-order chi connectivity index (χ0) is 12.6. The van der Waals surface area contributed by atoms with Gasteiger partial charge in [0, 0.05) is 0 Å². The van der Waals surface area contributed by atoms with Crippen LogP contribution in [0.15, 0.2) is 24.3 Å². The Bertz CT molecular complexity index is 336. The highest BCUT2D eigenvalue weighted by molar-refractivity contribution is 5.73. The normalized spacial score (nSPS) is 10.8. The van der Waals surface area contributed by atoms with Crippen LogP contribution in [-0.2, 0) is 16.0 Å². The lowest BCUT2D eigenvalue weighted by Crippen LogP contribution is -2.32. The molecule has 0 aliphatic rings. The van der Waals surface area contributed by atoms with Gasteiger partial charge in [-0.25, -0.2) is 0 Å². The lowest BCUT2D eigenvalue weighted by molar-refractivity contribution is -0.138. The van der Waals surface area contributed by atoms with E-state index < -0.39 is 12.0 Å². The van der Waals surface area contributed by atoms with E-state index in [9.17, 15) is 4.79 Å². The molecular weight excluding hydrogens is 214 g/mol. The van der Waals surface area contributed by atoms with Crippen molar-refractivity contribution in [2.24, 2.45) is 5.73 Å². The first-order chi connectivity index (χ1) is 7.51. The number of carboxylic acids is 1. The number of rotatable bonds is 3. The van der Waals surface area contributed by atoms with Gasteiger partial charge in [0.15, 0.2) is 0 Å². The van der Waals surface area contributed by atoms with E-state index in [1.54, 1.807) is 12.1 Å². The first kappa shape index (κ1) is 13.9. The van der Waals surface area contributed by atoms with Crippen molar-refractivity contribution in [3.05, 3.63) is 29.8 Å². The Kier molecular flexibility index (Phi) is 6.30. The summed E-state index contributed by atoms with van der Waals surface area (Å²) in [6.07, 6.45) is 0.273. The summed E-state index contributed by atoms with van der Waals surface area (Å²) in [6, 6.07) is 5.42. The van der Waals surface area contributed by atoms with E-state index in [-0.39, 0.29) is 18.6 Å². The minimum absolute atomic E-state index is 0.160. The number of benzene rings is 1. The summed E-state index contributed by atoms with van der Waals surface area (Å²) in [4.78, 5) is 18.8. The molecule has 16 heavy (non-hydrogen) atoms. The van der Waals surface area contributed by atoms with Crippen molar-refractivity contribution in [2.45, 2.75) is 12.5 Å². The number of phenolic OH excluding ortho intramolecular Hbond substituents is 1. The number of carbonyl (C=O) groups is 2. The van der Waals surface area contributed by atoms with Crippen LogP contribution in [-0.4, -0.2) is 33.8 Å². The van der Waals surface area contributed by atoms with Gasteiger partial charge in [0.1, 0.15) is 11.8 Å². The number of aliphatic carboxylic acids is 1. The second-order valence-corrected chi connectivity index (χ2v) is 2.92. The van der Waals surface area contributed by atoms with Crippen LogP contribution in [0.1, 0.15) is 5.56 Å². The van der Waals surface area contributed by atoms with Gasteiger partial charge in [0.25, 0.3) is 6.47 Å². The predicted molar refractivity (Wildman–Crippen MR) is 56.1 cm³/mol. The zero-order valence-electron chi connectivity index (χ0n) is 8.41. The third-order valence-electron chi connectivity index (χ3n) is 1.71. The second-order valence-electron chi connectivity index (χ2n) is 2.92. The molecule has 6 heteroatoms. The average Bonchev–Trinajstić information content (AvgIpc) is 2.22. The SMILES string of the molecule is NC(Cc1ccc(O)cc1)C(=O)O.O=CO. The van der Waals surface area contributed by atoms with Gasteiger partial charge in [-0.2, -0.15) is 0 Å². The van der Waals surface area contributed by atoms with E-state index in [0.717, 1.165) is 5.56 Å². The minimum Gasteiger partial charge on any atom is -0.508 e. The molecule has 1 aromatic rings. The van der Waals surface area contributed by atoms with Crippen LogP contribution >= 0.6 is 0 Å². The summed E-state index contributed by atoms with van der Waals surface area (Å²) >= 11 is 0. The first-order valence-electron chi connectivity index (χ1n) is 4.35. The molecule has 0 saturated carbocycles. The quantitative estimate of drug-likeness (QED) is 0.541. The van der Waals surface area contributed by atoms with Crippen molar-refractivity contribution in [3.63, 3.8) is 0 Å². The molecular formula is C10H13NO5. The predicted octanol–water partition coefficient (Wildman–Crippen LogP) is 0.0474. The molecule has 0 radical (unpaired) electrons. The molecule has 0 aromatic heterocycles. The standard InChI is InChI=1S/C9H11NO3.CH2O2/c10-8(9(12)13)5-6-1-3-7(11)4-2-6;2-1-3/h1-4,8,11H,5,10H2,(H,12,13);1H,(H,2,3). The molecule has 0 amide bonds. The van der Waals surface area contributed by atoms with Crippen LogP contribution in [0.2, 0.25) is 0 Å². The summed E-state index contributed by atoms with van der Waals surface area (Å²) < 4.78 is 0. The first-order valence-corrected chi connectivity index (χ1v) is 4.35. The summed E-state index contributed by atoms with van der Waals surface area (Å²) in [5.41, 5.74) is 6.12. The van der Waals surface area contributed by atoms with Crippen LogP contribution in [0.3, 0.4) is 0 Å². The summed E-state index contributed by atoms with van der Waals surface area (Å²) in [5.74, 6) is -0.860. The van der Waals surface area contributed by atoms with E-state index in [2.05, 4.69) is 0 Å². The number of phenols is 1. The van der Waals surface area contributed by atoms with Gasteiger partial charge in [-0.15, -0.1) is 0 Å². The Morgan fingerprint density at radius 3 is 2.19 bits per heavy atom. The van der Waals surface area contributed by atoms with E-state index in [4.69, 9.17) is 25.8 Å². The van der Waals surface area contributed by atoms with Gasteiger partial charge in [0.2, 0.25) is 0 Å². The highest BCUT2D eigenvalue weighted by atomic mass is 16.4. The highest BCUT2D eigenvalue weighted by Gasteiger charge is 2.11. The van der Waals surface area contributed by atoms with Crippen LogP contribution in [0.5, 0.6) is 5.75 Å². The van der Waals surface area contributed by atoms with Crippen molar-refractivity contribution in [2.75, 3.05) is 0 Å². The third kappa shape index (κ3) is 5.61. The highest BCUT2D eigenvalue weighted by Crippen LogP contribution is 2.10. The maximum absolute atomic E-state index is 10.4. The van der Waals surface area contributed by atoms with Crippen LogP contribution in [0.4, 0.5) is 0 Å². The fourth-order valence-corrected chi connectivity index (χ4v) is 0.973. The Morgan fingerprint density at radius 2 is 1.81 bits per heavy atom. The number of aromatic hydroxyl groups is 1. The van der Waals surface area contributed by atoms with E-state index in [1.165, 1.54) is 12.1 Å². The summed E-state index contributed by atoms with van der Waals surface area (Å²) in [5, 5.41) is 24.4. The van der Waals surface area contributed by atoms with Crippen LogP contribution in [0.25, 0.3) is 0 Å². The molecule has 0 aliphatic carbocycles. The number of hydrogen-bond donors (Lipinski definition) is 4. The Morgan fingerprint density at radius 1 is 1.38 bits per heavy atom. The van der Waals surface area contributed by atoms with Crippen LogP contribution in [0, 0.1) is 0 Å². The molecule has 0 heterocycles. The molecule has 0 fully saturated rings. The topological polar surface area (TPSA) is 121 Å². The molecule has 1 unspecified atom stereocenters. The molecule has 1 rings (SSSR count). The molecule has 0 saturated heterocycles. The molecule has 0 bridgehead atoms. The number of hydrogen-bond acceptors (Lipinski definition) is 4.